The van der Waals surface area contributed by atoms with E-state index < -0.39 is 11.7 Å². The highest BCUT2D eigenvalue weighted by atomic mass is 19.1. The number of carbonyl (C=O) groups excluding carboxylic acids is 1. The molecule has 1 N–H and O–H groups in total. The van der Waals surface area contributed by atoms with Gasteiger partial charge in [-0.3, -0.25) is 4.79 Å². The number of halogens is 1. The summed E-state index contributed by atoms with van der Waals surface area (Å²) >= 11 is 0. The lowest BCUT2D eigenvalue weighted by Gasteiger charge is -2.12. The molecular weight excluding hydrogens is 335 g/mol. The fourth-order valence-electron chi connectivity index (χ4n) is 2.62. The predicted octanol–water partition coefficient (Wildman–Crippen LogP) is 4.01. The quantitative estimate of drug-likeness (QED) is 0.765. The van der Waals surface area contributed by atoms with E-state index in [1.54, 1.807) is 19.1 Å². The molecule has 6 nitrogen and oxygen atoms in total. The summed E-state index contributed by atoms with van der Waals surface area (Å²) in [6.45, 7) is 7.26. The Morgan fingerprint density at radius 2 is 1.92 bits per heavy atom. The van der Waals surface area contributed by atoms with Gasteiger partial charge < -0.3 is 9.84 Å². The Bertz CT molecular complexity index is 982. The van der Waals surface area contributed by atoms with E-state index in [2.05, 4.69) is 20.4 Å². The van der Waals surface area contributed by atoms with E-state index in [1.807, 2.05) is 26.8 Å². The van der Waals surface area contributed by atoms with Crippen molar-refractivity contribution in [2.75, 3.05) is 5.32 Å². The summed E-state index contributed by atoms with van der Waals surface area (Å²) in [5.41, 5.74) is 2.86. The molecule has 0 aliphatic carbocycles. The second-order valence-corrected chi connectivity index (χ2v) is 6.09. The largest absolute Gasteiger partial charge is 0.339 e. The predicted molar refractivity (Wildman–Crippen MR) is 95.5 cm³/mol. The molecule has 3 aromatic rings. The second kappa shape index (κ2) is 7.03. The van der Waals surface area contributed by atoms with Gasteiger partial charge in [0.1, 0.15) is 11.6 Å². The maximum absolute atomic E-state index is 13.8. The number of benzene rings is 1. The Balaban J connectivity index is 2.01. The molecule has 134 valence electrons. The van der Waals surface area contributed by atoms with Crippen LogP contribution in [-0.4, -0.2) is 21.0 Å². The van der Waals surface area contributed by atoms with Crippen molar-refractivity contribution in [3.63, 3.8) is 0 Å². The van der Waals surface area contributed by atoms with Crippen LogP contribution < -0.4 is 5.32 Å². The summed E-state index contributed by atoms with van der Waals surface area (Å²) in [5.74, 6) is 0.283. The van der Waals surface area contributed by atoms with Crippen LogP contribution in [0.4, 0.5) is 10.2 Å². The van der Waals surface area contributed by atoms with Gasteiger partial charge in [0.05, 0.1) is 5.56 Å². The molecule has 0 bridgehead atoms. The maximum Gasteiger partial charge on any atom is 0.256 e. The fraction of sp³-hybridized carbons (Fsp3) is 0.263. The van der Waals surface area contributed by atoms with E-state index in [0.717, 1.165) is 11.3 Å². The highest BCUT2D eigenvalue weighted by molar-refractivity contribution is 6.05. The molecule has 0 aliphatic rings. The molecule has 7 heteroatoms. The van der Waals surface area contributed by atoms with Crippen molar-refractivity contribution < 1.29 is 13.7 Å². The molecule has 3 rings (SSSR count). The molecule has 0 radical (unpaired) electrons. The molecule has 26 heavy (non-hydrogen) atoms. The summed E-state index contributed by atoms with van der Waals surface area (Å²) in [6, 6.07) is 6.21. The van der Waals surface area contributed by atoms with Crippen molar-refractivity contribution >= 4 is 11.7 Å². The monoisotopic (exact) mass is 354 g/mol. The van der Waals surface area contributed by atoms with Crippen molar-refractivity contribution in [3.8, 4) is 11.4 Å². The minimum Gasteiger partial charge on any atom is -0.339 e. The zero-order valence-electron chi connectivity index (χ0n) is 15.1. The summed E-state index contributed by atoms with van der Waals surface area (Å²) in [5, 5.41) is 6.72. The topological polar surface area (TPSA) is 80.9 Å². The number of rotatable bonds is 4. The number of aromatic nitrogens is 3. The van der Waals surface area contributed by atoms with Gasteiger partial charge in [0.25, 0.3) is 5.91 Å². The molecule has 1 aromatic carbocycles. The summed E-state index contributed by atoms with van der Waals surface area (Å²) in [4.78, 5) is 21.3. The van der Waals surface area contributed by atoms with Gasteiger partial charge in [-0.2, -0.15) is 4.98 Å². The first-order valence-corrected chi connectivity index (χ1v) is 8.27. The van der Waals surface area contributed by atoms with Crippen molar-refractivity contribution in [2.24, 2.45) is 0 Å². The molecule has 0 saturated heterocycles. The summed E-state index contributed by atoms with van der Waals surface area (Å²) < 4.78 is 18.9. The zero-order chi connectivity index (χ0) is 18.8. The van der Waals surface area contributed by atoms with Gasteiger partial charge in [-0.15, -0.1) is 0 Å². The van der Waals surface area contributed by atoms with Gasteiger partial charge in [-0.05, 0) is 50.1 Å². The van der Waals surface area contributed by atoms with Crippen molar-refractivity contribution in [1.29, 1.82) is 0 Å². The van der Waals surface area contributed by atoms with Gasteiger partial charge in [0, 0.05) is 17.7 Å². The number of pyridine rings is 1. The van der Waals surface area contributed by atoms with Gasteiger partial charge in [0.2, 0.25) is 11.7 Å². The highest BCUT2D eigenvalue weighted by Gasteiger charge is 2.19. The first-order chi connectivity index (χ1) is 12.4. The molecule has 0 saturated carbocycles. The molecule has 0 fully saturated rings. The average Bonchev–Trinajstić information content (AvgIpc) is 3.05. The van der Waals surface area contributed by atoms with Crippen LogP contribution in [0.2, 0.25) is 0 Å². The molecule has 0 spiro atoms. The number of nitrogens with zero attached hydrogens (tertiary/aromatic N) is 3. The second-order valence-electron chi connectivity index (χ2n) is 6.09. The van der Waals surface area contributed by atoms with Gasteiger partial charge >= 0.3 is 0 Å². The van der Waals surface area contributed by atoms with Crippen molar-refractivity contribution in [3.05, 3.63) is 58.4 Å². The van der Waals surface area contributed by atoms with E-state index in [-0.39, 0.29) is 5.56 Å². The number of amides is 1. The zero-order valence-corrected chi connectivity index (χ0v) is 15.1. The lowest BCUT2D eigenvalue weighted by Crippen LogP contribution is -2.15. The average molecular weight is 354 g/mol. The Hall–Kier alpha value is -3.09. The summed E-state index contributed by atoms with van der Waals surface area (Å²) in [7, 11) is 0. The first-order valence-electron chi connectivity index (χ1n) is 8.27. The third kappa shape index (κ3) is 3.46. The molecule has 0 unspecified atom stereocenters. The number of hydrogen-bond acceptors (Lipinski definition) is 5. The number of aryl methyl sites for hydroxylation is 4. The van der Waals surface area contributed by atoms with Crippen LogP contribution in [0.3, 0.4) is 0 Å². The van der Waals surface area contributed by atoms with E-state index in [4.69, 9.17) is 4.52 Å². The third-order valence-corrected chi connectivity index (χ3v) is 4.00. The van der Waals surface area contributed by atoms with E-state index >= 15 is 0 Å². The van der Waals surface area contributed by atoms with Crippen molar-refractivity contribution in [1.82, 2.24) is 15.1 Å². The number of nitrogens with one attached hydrogen (secondary N) is 1. The maximum atomic E-state index is 13.8. The smallest absolute Gasteiger partial charge is 0.256 e. The van der Waals surface area contributed by atoms with E-state index in [0.29, 0.717) is 35.1 Å². The van der Waals surface area contributed by atoms with Crippen LogP contribution in [0, 0.1) is 26.6 Å². The van der Waals surface area contributed by atoms with Crippen LogP contribution in [0.25, 0.3) is 11.4 Å². The summed E-state index contributed by atoms with van der Waals surface area (Å²) in [6.07, 6.45) is 0.607. The Morgan fingerprint density at radius 1 is 1.15 bits per heavy atom. The van der Waals surface area contributed by atoms with Gasteiger partial charge in [-0.25, -0.2) is 9.37 Å². The van der Waals surface area contributed by atoms with E-state index in [1.165, 1.54) is 6.07 Å². The van der Waals surface area contributed by atoms with Gasteiger partial charge in [0.15, 0.2) is 0 Å². The Morgan fingerprint density at radius 3 is 2.58 bits per heavy atom. The normalized spacial score (nSPS) is 10.8. The number of carbonyl (C=O) groups is 1. The van der Waals surface area contributed by atoms with Crippen LogP contribution >= 0.6 is 0 Å². The molecule has 1 amide bonds. The van der Waals surface area contributed by atoms with E-state index in [9.17, 15) is 9.18 Å². The number of anilines is 1. The fourth-order valence-corrected chi connectivity index (χ4v) is 2.62. The lowest BCUT2D eigenvalue weighted by molar-refractivity contribution is 0.102. The molecule has 2 aromatic heterocycles. The Labute approximate surface area is 150 Å². The highest BCUT2D eigenvalue weighted by Crippen LogP contribution is 2.29. The van der Waals surface area contributed by atoms with Crippen molar-refractivity contribution in [2.45, 2.75) is 34.1 Å². The Kier molecular flexibility index (Phi) is 4.79. The molecule has 2 heterocycles. The standard InChI is InChI=1S/C19H19FN4O2/c1-5-15-22-18(24-26-15)16-11(3)8-12(4)21-17(16)23-19(25)13-7-6-10(2)14(20)9-13/h6-9H,5H2,1-4H3,(H,21,23,25). The lowest BCUT2D eigenvalue weighted by atomic mass is 10.1. The van der Waals surface area contributed by atoms with Crippen LogP contribution in [0.15, 0.2) is 28.8 Å². The number of hydrogen-bond donors (Lipinski definition) is 1. The van der Waals surface area contributed by atoms with Crippen LogP contribution in [0.5, 0.6) is 0 Å². The molecule has 0 atom stereocenters. The van der Waals surface area contributed by atoms with Crippen LogP contribution in [0.1, 0.15) is 40.0 Å². The molecule has 0 aliphatic heterocycles. The molecular formula is C19H19FN4O2. The SMILES string of the molecule is CCc1nc(-c2c(C)cc(C)nc2NC(=O)c2ccc(C)c(F)c2)no1. The van der Waals surface area contributed by atoms with Gasteiger partial charge in [-0.1, -0.05) is 18.1 Å². The van der Waals surface area contributed by atoms with Crippen LogP contribution in [-0.2, 0) is 6.42 Å². The third-order valence-electron chi connectivity index (χ3n) is 4.00. The first kappa shape index (κ1) is 17.7. The minimum atomic E-state index is -0.457. The minimum absolute atomic E-state index is 0.211.